The first-order valence-corrected chi connectivity index (χ1v) is 6.11. The SMILES string of the molecule is COCCN(CCC#N)c1nc(Cl)nc2[nH]ncc12. The summed E-state index contributed by atoms with van der Waals surface area (Å²) >= 11 is 5.90. The Labute approximate surface area is 115 Å². The maximum atomic E-state index is 8.73. The molecule has 1 N–H and O–H groups in total. The summed E-state index contributed by atoms with van der Waals surface area (Å²) in [6.45, 7) is 1.70. The third-order valence-corrected chi connectivity index (χ3v) is 2.79. The van der Waals surface area contributed by atoms with Crippen molar-refractivity contribution in [3.05, 3.63) is 11.5 Å². The van der Waals surface area contributed by atoms with Gasteiger partial charge < -0.3 is 9.64 Å². The van der Waals surface area contributed by atoms with E-state index in [9.17, 15) is 0 Å². The number of nitriles is 1. The van der Waals surface area contributed by atoms with Gasteiger partial charge in [-0.25, -0.2) is 0 Å². The maximum absolute atomic E-state index is 8.73. The average Bonchev–Trinajstić information content (AvgIpc) is 2.86. The zero-order chi connectivity index (χ0) is 13.7. The molecular weight excluding hydrogens is 268 g/mol. The summed E-state index contributed by atoms with van der Waals surface area (Å²) in [6, 6.07) is 2.12. The predicted molar refractivity (Wildman–Crippen MR) is 71.0 cm³/mol. The Morgan fingerprint density at radius 2 is 2.32 bits per heavy atom. The Balaban J connectivity index is 2.36. The summed E-state index contributed by atoms with van der Waals surface area (Å²) in [5.41, 5.74) is 0.578. The summed E-state index contributed by atoms with van der Waals surface area (Å²) in [6.07, 6.45) is 2.04. The molecule has 2 aromatic heterocycles. The lowest BCUT2D eigenvalue weighted by Gasteiger charge is -2.22. The van der Waals surface area contributed by atoms with Crippen molar-refractivity contribution in [1.29, 1.82) is 5.26 Å². The van der Waals surface area contributed by atoms with Crippen molar-refractivity contribution in [2.45, 2.75) is 6.42 Å². The van der Waals surface area contributed by atoms with Crippen LogP contribution in [0, 0.1) is 11.3 Å². The van der Waals surface area contributed by atoms with Crippen LogP contribution in [0.1, 0.15) is 6.42 Å². The normalized spacial score (nSPS) is 10.6. The van der Waals surface area contributed by atoms with E-state index < -0.39 is 0 Å². The number of methoxy groups -OCH3 is 1. The number of H-pyrrole nitrogens is 1. The summed E-state index contributed by atoms with van der Waals surface area (Å²) in [5.74, 6) is 0.663. The summed E-state index contributed by atoms with van der Waals surface area (Å²) in [5, 5.41) is 16.3. The molecule has 0 atom stereocenters. The van der Waals surface area contributed by atoms with E-state index in [0.717, 1.165) is 5.39 Å². The highest BCUT2D eigenvalue weighted by atomic mass is 35.5. The van der Waals surface area contributed by atoms with Gasteiger partial charge in [0.15, 0.2) is 5.65 Å². The van der Waals surface area contributed by atoms with Crippen molar-refractivity contribution in [2.75, 3.05) is 31.7 Å². The van der Waals surface area contributed by atoms with Crippen LogP contribution in [-0.2, 0) is 4.74 Å². The van der Waals surface area contributed by atoms with Crippen molar-refractivity contribution >= 4 is 28.5 Å². The molecule has 0 aliphatic rings. The number of nitrogens with one attached hydrogen (secondary N) is 1. The van der Waals surface area contributed by atoms with E-state index in [0.29, 0.717) is 37.6 Å². The fraction of sp³-hybridized carbons (Fsp3) is 0.455. The number of rotatable bonds is 6. The van der Waals surface area contributed by atoms with E-state index >= 15 is 0 Å². The van der Waals surface area contributed by atoms with Crippen molar-refractivity contribution < 1.29 is 4.74 Å². The Kier molecular flexibility index (Phi) is 4.49. The highest BCUT2D eigenvalue weighted by Gasteiger charge is 2.15. The average molecular weight is 281 g/mol. The highest BCUT2D eigenvalue weighted by molar-refractivity contribution is 6.28. The lowest BCUT2D eigenvalue weighted by Crippen LogP contribution is -2.29. The van der Waals surface area contributed by atoms with Crippen molar-refractivity contribution in [3.8, 4) is 6.07 Å². The quantitative estimate of drug-likeness (QED) is 0.804. The number of hydrogen-bond acceptors (Lipinski definition) is 6. The van der Waals surface area contributed by atoms with Gasteiger partial charge in [0.2, 0.25) is 5.28 Å². The molecule has 0 aliphatic heterocycles. The lowest BCUT2D eigenvalue weighted by atomic mass is 10.3. The topological polar surface area (TPSA) is 90.7 Å². The fourth-order valence-corrected chi connectivity index (χ4v) is 1.91. The van der Waals surface area contributed by atoms with E-state index in [-0.39, 0.29) is 5.28 Å². The second-order valence-corrected chi connectivity index (χ2v) is 4.17. The molecule has 2 heterocycles. The van der Waals surface area contributed by atoms with Gasteiger partial charge in [0.1, 0.15) is 5.82 Å². The smallest absolute Gasteiger partial charge is 0.226 e. The molecule has 0 spiro atoms. The number of nitrogens with zero attached hydrogens (tertiary/aromatic N) is 5. The zero-order valence-electron chi connectivity index (χ0n) is 10.4. The van der Waals surface area contributed by atoms with Crippen LogP contribution in [0.15, 0.2) is 6.20 Å². The van der Waals surface area contributed by atoms with Gasteiger partial charge in [-0.2, -0.15) is 20.3 Å². The van der Waals surface area contributed by atoms with Gasteiger partial charge in [0.25, 0.3) is 0 Å². The first-order chi connectivity index (χ1) is 9.26. The summed E-state index contributed by atoms with van der Waals surface area (Å²) in [7, 11) is 1.63. The Bertz CT molecular complexity index is 592. The van der Waals surface area contributed by atoms with Crippen LogP contribution in [0.3, 0.4) is 0 Å². The van der Waals surface area contributed by atoms with E-state index in [4.69, 9.17) is 21.6 Å². The van der Waals surface area contributed by atoms with Crippen LogP contribution in [0.2, 0.25) is 5.28 Å². The Morgan fingerprint density at radius 3 is 3.05 bits per heavy atom. The van der Waals surface area contributed by atoms with Gasteiger partial charge in [0, 0.05) is 20.2 Å². The van der Waals surface area contributed by atoms with E-state index in [1.165, 1.54) is 0 Å². The van der Waals surface area contributed by atoms with Crippen LogP contribution in [-0.4, -0.2) is 47.0 Å². The molecule has 0 unspecified atom stereocenters. The molecule has 19 heavy (non-hydrogen) atoms. The number of fused-ring (bicyclic) bond motifs is 1. The molecule has 100 valence electrons. The number of anilines is 1. The van der Waals surface area contributed by atoms with Crippen molar-refractivity contribution in [2.24, 2.45) is 0 Å². The molecule has 0 bridgehead atoms. The van der Waals surface area contributed by atoms with Gasteiger partial charge in [0.05, 0.1) is 30.7 Å². The van der Waals surface area contributed by atoms with Gasteiger partial charge in [-0.1, -0.05) is 0 Å². The molecule has 0 fully saturated rings. The van der Waals surface area contributed by atoms with Gasteiger partial charge in [-0.15, -0.1) is 0 Å². The minimum atomic E-state index is 0.145. The van der Waals surface area contributed by atoms with Gasteiger partial charge in [-0.3, -0.25) is 5.10 Å². The summed E-state index contributed by atoms with van der Waals surface area (Å²) in [4.78, 5) is 10.2. The van der Waals surface area contributed by atoms with Crippen LogP contribution in [0.25, 0.3) is 11.0 Å². The van der Waals surface area contributed by atoms with Gasteiger partial charge >= 0.3 is 0 Å². The third-order valence-electron chi connectivity index (χ3n) is 2.62. The van der Waals surface area contributed by atoms with Gasteiger partial charge in [-0.05, 0) is 11.6 Å². The molecule has 0 saturated carbocycles. The largest absolute Gasteiger partial charge is 0.383 e. The second-order valence-electron chi connectivity index (χ2n) is 3.84. The monoisotopic (exact) mass is 280 g/mol. The Hall–Kier alpha value is -1.91. The minimum absolute atomic E-state index is 0.145. The molecule has 2 aromatic rings. The van der Waals surface area contributed by atoms with E-state index in [2.05, 4.69) is 26.2 Å². The number of aromatic amines is 1. The van der Waals surface area contributed by atoms with Crippen molar-refractivity contribution in [1.82, 2.24) is 20.2 Å². The first kappa shape index (κ1) is 13.5. The second kappa shape index (κ2) is 6.31. The number of aromatic nitrogens is 4. The molecule has 2 rings (SSSR count). The fourth-order valence-electron chi connectivity index (χ4n) is 1.74. The minimum Gasteiger partial charge on any atom is -0.383 e. The third kappa shape index (κ3) is 3.10. The maximum Gasteiger partial charge on any atom is 0.226 e. The number of hydrogen-bond donors (Lipinski definition) is 1. The molecular formula is C11H13ClN6O. The standard InChI is InChI=1S/C11H13ClN6O/c1-19-6-5-18(4-2-3-13)10-8-7-14-17-9(8)15-11(12)16-10/h7H,2,4-6H2,1H3,(H,14,15,16,17). The molecule has 0 radical (unpaired) electrons. The van der Waals surface area contributed by atoms with Crippen LogP contribution in [0.5, 0.6) is 0 Å². The molecule has 0 saturated heterocycles. The van der Waals surface area contributed by atoms with Crippen LogP contribution >= 0.6 is 11.6 Å². The number of ether oxygens (including phenoxy) is 1. The highest BCUT2D eigenvalue weighted by Crippen LogP contribution is 2.23. The van der Waals surface area contributed by atoms with Crippen molar-refractivity contribution in [3.63, 3.8) is 0 Å². The molecule has 0 aromatic carbocycles. The van der Waals surface area contributed by atoms with E-state index in [1.807, 2.05) is 4.90 Å². The molecule has 8 heteroatoms. The molecule has 0 amide bonds. The lowest BCUT2D eigenvalue weighted by molar-refractivity contribution is 0.205. The van der Waals surface area contributed by atoms with E-state index in [1.54, 1.807) is 13.3 Å². The zero-order valence-corrected chi connectivity index (χ0v) is 11.2. The van der Waals surface area contributed by atoms with Crippen LogP contribution in [0.4, 0.5) is 5.82 Å². The number of halogens is 1. The predicted octanol–water partition coefficient (Wildman–Crippen LogP) is 1.37. The molecule has 0 aliphatic carbocycles. The summed E-state index contributed by atoms with van der Waals surface area (Å²) < 4.78 is 5.07. The Morgan fingerprint density at radius 1 is 1.47 bits per heavy atom. The van der Waals surface area contributed by atoms with Crippen LogP contribution < -0.4 is 4.90 Å². The molecule has 7 nitrogen and oxygen atoms in total. The first-order valence-electron chi connectivity index (χ1n) is 5.73.